The van der Waals surface area contributed by atoms with Crippen molar-refractivity contribution in [1.82, 2.24) is 14.9 Å². The molecule has 1 aromatic rings. The topological polar surface area (TPSA) is 29.9 Å². The van der Waals surface area contributed by atoms with Gasteiger partial charge in [0.2, 0.25) is 0 Å². The number of nitrogens with one attached hydrogen (secondary N) is 1. The second kappa shape index (κ2) is 6.93. The SMILES string of the molecule is CCCCC(CCC)n1cncc1C(C)(C)NC. The van der Waals surface area contributed by atoms with E-state index in [1.807, 2.05) is 19.6 Å². The first-order valence-corrected chi connectivity index (χ1v) is 7.28. The van der Waals surface area contributed by atoms with Gasteiger partial charge in [0.05, 0.1) is 23.8 Å². The van der Waals surface area contributed by atoms with Crippen LogP contribution < -0.4 is 5.32 Å². The van der Waals surface area contributed by atoms with Crippen molar-refractivity contribution in [1.29, 1.82) is 0 Å². The third kappa shape index (κ3) is 3.58. The van der Waals surface area contributed by atoms with Gasteiger partial charge in [0.25, 0.3) is 0 Å². The van der Waals surface area contributed by atoms with E-state index in [1.165, 1.54) is 37.8 Å². The molecular formula is C15H29N3. The Morgan fingerprint density at radius 1 is 1.28 bits per heavy atom. The van der Waals surface area contributed by atoms with Crippen LogP contribution >= 0.6 is 0 Å². The van der Waals surface area contributed by atoms with Gasteiger partial charge in [-0.05, 0) is 33.7 Å². The van der Waals surface area contributed by atoms with Gasteiger partial charge in [-0.3, -0.25) is 0 Å². The molecule has 1 rings (SSSR count). The van der Waals surface area contributed by atoms with Crippen molar-refractivity contribution < 1.29 is 0 Å². The Bertz CT molecular complexity index is 341. The molecule has 0 aliphatic heterocycles. The maximum absolute atomic E-state index is 4.37. The van der Waals surface area contributed by atoms with Crippen LogP contribution in [0.5, 0.6) is 0 Å². The number of nitrogens with zero attached hydrogens (tertiary/aromatic N) is 2. The number of aromatic nitrogens is 2. The third-order valence-electron chi connectivity index (χ3n) is 3.84. The van der Waals surface area contributed by atoms with Crippen molar-refractivity contribution in [3.63, 3.8) is 0 Å². The normalized spacial score (nSPS) is 13.8. The molecule has 0 saturated carbocycles. The zero-order valence-electron chi connectivity index (χ0n) is 12.7. The van der Waals surface area contributed by atoms with E-state index >= 15 is 0 Å². The molecule has 1 atom stereocenters. The molecule has 0 fully saturated rings. The largest absolute Gasteiger partial charge is 0.330 e. The van der Waals surface area contributed by atoms with E-state index < -0.39 is 0 Å². The Balaban J connectivity index is 2.94. The first-order valence-electron chi connectivity index (χ1n) is 7.28. The van der Waals surface area contributed by atoms with E-state index in [0.717, 1.165) is 0 Å². The lowest BCUT2D eigenvalue weighted by atomic mass is 9.99. The Labute approximate surface area is 112 Å². The van der Waals surface area contributed by atoms with Crippen molar-refractivity contribution in [3.05, 3.63) is 18.2 Å². The summed E-state index contributed by atoms with van der Waals surface area (Å²) in [5, 5.41) is 3.38. The van der Waals surface area contributed by atoms with Crippen LogP contribution in [0.25, 0.3) is 0 Å². The van der Waals surface area contributed by atoms with Crippen molar-refractivity contribution >= 4 is 0 Å². The molecule has 0 aliphatic carbocycles. The fourth-order valence-corrected chi connectivity index (χ4v) is 2.40. The number of unbranched alkanes of at least 4 members (excludes halogenated alkanes) is 1. The quantitative estimate of drug-likeness (QED) is 0.760. The second-order valence-corrected chi connectivity index (χ2v) is 5.65. The van der Waals surface area contributed by atoms with Crippen LogP contribution in [0, 0.1) is 0 Å². The van der Waals surface area contributed by atoms with E-state index in [1.54, 1.807) is 0 Å². The van der Waals surface area contributed by atoms with E-state index in [4.69, 9.17) is 0 Å². The van der Waals surface area contributed by atoms with Gasteiger partial charge in [0, 0.05) is 6.04 Å². The highest BCUT2D eigenvalue weighted by Gasteiger charge is 2.24. The molecule has 0 amide bonds. The first-order chi connectivity index (χ1) is 8.56. The summed E-state index contributed by atoms with van der Waals surface area (Å²) < 4.78 is 2.38. The minimum absolute atomic E-state index is 0.0191. The van der Waals surface area contributed by atoms with E-state index in [9.17, 15) is 0 Å². The molecular weight excluding hydrogens is 222 g/mol. The molecule has 0 aliphatic rings. The molecule has 0 aromatic carbocycles. The van der Waals surface area contributed by atoms with Gasteiger partial charge in [-0.1, -0.05) is 33.1 Å². The number of hydrogen-bond acceptors (Lipinski definition) is 2. The summed E-state index contributed by atoms with van der Waals surface area (Å²) in [6.07, 6.45) is 10.3. The molecule has 18 heavy (non-hydrogen) atoms. The molecule has 0 bridgehead atoms. The summed E-state index contributed by atoms with van der Waals surface area (Å²) in [6.45, 7) is 8.95. The summed E-state index contributed by atoms with van der Waals surface area (Å²) in [5.41, 5.74) is 1.27. The lowest BCUT2D eigenvalue weighted by Crippen LogP contribution is -2.36. The fourth-order valence-electron chi connectivity index (χ4n) is 2.40. The summed E-state index contributed by atoms with van der Waals surface area (Å²) in [7, 11) is 2.01. The Hall–Kier alpha value is -0.830. The highest BCUT2D eigenvalue weighted by Crippen LogP contribution is 2.27. The standard InChI is InChI=1S/C15H29N3/c1-6-8-10-13(9-7-2)18-12-17-11-14(18)15(3,4)16-5/h11-13,16H,6-10H2,1-5H3. The van der Waals surface area contributed by atoms with Crippen LogP contribution in [0.2, 0.25) is 0 Å². The minimum atomic E-state index is -0.0191. The molecule has 3 heteroatoms. The molecule has 0 spiro atoms. The fraction of sp³-hybridized carbons (Fsp3) is 0.800. The molecule has 1 heterocycles. The number of rotatable bonds is 8. The molecule has 0 radical (unpaired) electrons. The summed E-state index contributed by atoms with van der Waals surface area (Å²) in [6, 6.07) is 0.597. The number of hydrogen-bond donors (Lipinski definition) is 1. The monoisotopic (exact) mass is 251 g/mol. The van der Waals surface area contributed by atoms with Gasteiger partial charge in [-0.2, -0.15) is 0 Å². The van der Waals surface area contributed by atoms with Gasteiger partial charge in [0.15, 0.2) is 0 Å². The zero-order chi connectivity index (χ0) is 13.6. The maximum Gasteiger partial charge on any atom is 0.0951 e. The van der Waals surface area contributed by atoms with Crippen LogP contribution in [0.3, 0.4) is 0 Å². The molecule has 1 N–H and O–H groups in total. The highest BCUT2D eigenvalue weighted by atomic mass is 15.1. The number of imidazole rings is 1. The molecule has 3 nitrogen and oxygen atoms in total. The third-order valence-corrected chi connectivity index (χ3v) is 3.84. The molecule has 1 aromatic heterocycles. The van der Waals surface area contributed by atoms with Crippen LogP contribution in [0.15, 0.2) is 12.5 Å². The molecule has 1 unspecified atom stereocenters. The van der Waals surface area contributed by atoms with Crippen LogP contribution in [-0.2, 0) is 5.54 Å². The second-order valence-electron chi connectivity index (χ2n) is 5.65. The Kier molecular flexibility index (Phi) is 5.86. The van der Waals surface area contributed by atoms with Gasteiger partial charge in [0.1, 0.15) is 0 Å². The molecule has 104 valence electrons. The van der Waals surface area contributed by atoms with Gasteiger partial charge in [-0.25, -0.2) is 4.98 Å². The summed E-state index contributed by atoms with van der Waals surface area (Å²) in [4.78, 5) is 4.37. The van der Waals surface area contributed by atoms with Crippen LogP contribution in [0.1, 0.15) is 71.5 Å². The highest BCUT2D eigenvalue weighted by molar-refractivity contribution is 5.12. The van der Waals surface area contributed by atoms with Gasteiger partial charge >= 0.3 is 0 Å². The predicted molar refractivity (Wildman–Crippen MR) is 77.8 cm³/mol. The lowest BCUT2D eigenvalue weighted by Gasteiger charge is -2.29. The van der Waals surface area contributed by atoms with Crippen molar-refractivity contribution in [2.45, 2.75) is 71.4 Å². The predicted octanol–water partition coefficient (Wildman–Crippen LogP) is 3.87. The van der Waals surface area contributed by atoms with Gasteiger partial charge in [-0.15, -0.1) is 0 Å². The summed E-state index contributed by atoms with van der Waals surface area (Å²) >= 11 is 0. The molecule has 0 saturated heterocycles. The van der Waals surface area contributed by atoms with Crippen molar-refractivity contribution in [2.75, 3.05) is 7.05 Å². The van der Waals surface area contributed by atoms with Crippen LogP contribution in [-0.4, -0.2) is 16.6 Å². The summed E-state index contributed by atoms with van der Waals surface area (Å²) in [5.74, 6) is 0. The maximum atomic E-state index is 4.37. The minimum Gasteiger partial charge on any atom is -0.330 e. The van der Waals surface area contributed by atoms with E-state index in [0.29, 0.717) is 6.04 Å². The smallest absolute Gasteiger partial charge is 0.0951 e. The van der Waals surface area contributed by atoms with Gasteiger partial charge < -0.3 is 9.88 Å². The first kappa shape index (κ1) is 15.2. The Morgan fingerprint density at radius 3 is 2.56 bits per heavy atom. The van der Waals surface area contributed by atoms with E-state index in [-0.39, 0.29) is 5.54 Å². The Morgan fingerprint density at radius 2 is 2.00 bits per heavy atom. The average molecular weight is 251 g/mol. The average Bonchev–Trinajstić information content (AvgIpc) is 2.84. The van der Waals surface area contributed by atoms with Crippen LogP contribution in [0.4, 0.5) is 0 Å². The lowest BCUT2D eigenvalue weighted by molar-refractivity contribution is 0.353. The van der Waals surface area contributed by atoms with Crippen molar-refractivity contribution in [3.8, 4) is 0 Å². The van der Waals surface area contributed by atoms with Crippen molar-refractivity contribution in [2.24, 2.45) is 0 Å². The van der Waals surface area contributed by atoms with E-state index in [2.05, 4.69) is 42.6 Å². The zero-order valence-corrected chi connectivity index (χ0v) is 12.7.